The van der Waals surface area contributed by atoms with Crippen LogP contribution in [0.5, 0.6) is 0 Å². The normalized spacial score (nSPS) is 13.0. The first-order valence-electron chi connectivity index (χ1n) is 7.74. The number of carbonyl (C=O) groups excluding carboxylic acids is 2. The van der Waals surface area contributed by atoms with Crippen LogP contribution in [0.2, 0.25) is 0 Å². The van der Waals surface area contributed by atoms with Crippen LogP contribution in [0.15, 0.2) is 48.5 Å². The van der Waals surface area contributed by atoms with E-state index >= 15 is 0 Å². The summed E-state index contributed by atoms with van der Waals surface area (Å²) >= 11 is 0. The average Bonchev–Trinajstić information content (AvgIpc) is 2.54. The van der Waals surface area contributed by atoms with Gasteiger partial charge in [-0.3, -0.25) is 4.79 Å². The molecule has 0 heterocycles. The molecule has 1 atom stereocenters. The predicted octanol–water partition coefficient (Wildman–Crippen LogP) is 3.23. The molecule has 5 nitrogen and oxygen atoms in total. The fourth-order valence-corrected chi connectivity index (χ4v) is 2.46. The number of hydrogen-bond donors (Lipinski definition) is 3. The van der Waals surface area contributed by atoms with E-state index in [0.717, 1.165) is 11.1 Å². The summed E-state index contributed by atoms with van der Waals surface area (Å²) in [5.74, 6) is -0.0117. The van der Waals surface area contributed by atoms with Crippen LogP contribution >= 0.6 is 0 Å². The van der Waals surface area contributed by atoms with Crippen LogP contribution in [0.3, 0.4) is 0 Å². The molecule has 0 radical (unpaired) electrons. The third kappa shape index (κ3) is 4.43. The van der Waals surface area contributed by atoms with E-state index in [0.29, 0.717) is 11.3 Å². The van der Waals surface area contributed by atoms with Crippen molar-refractivity contribution in [2.24, 2.45) is 0 Å². The summed E-state index contributed by atoms with van der Waals surface area (Å²) in [6.07, 6.45) is 0. The van der Waals surface area contributed by atoms with E-state index in [-0.39, 0.29) is 12.3 Å². The van der Waals surface area contributed by atoms with Crippen molar-refractivity contribution in [1.82, 2.24) is 5.32 Å². The summed E-state index contributed by atoms with van der Waals surface area (Å²) in [4.78, 5) is 23.4. The lowest BCUT2D eigenvalue weighted by Crippen LogP contribution is -2.40. The van der Waals surface area contributed by atoms with Gasteiger partial charge >= 0.3 is 6.03 Å². The van der Waals surface area contributed by atoms with Crippen LogP contribution in [0, 0.1) is 6.92 Å². The number of carbonyl (C=O) groups is 2. The topological polar surface area (TPSA) is 78.4 Å². The van der Waals surface area contributed by atoms with Gasteiger partial charge in [0, 0.05) is 11.3 Å². The minimum atomic E-state index is -1.16. The molecule has 0 aliphatic heterocycles. The van der Waals surface area contributed by atoms with Crippen LogP contribution in [-0.2, 0) is 5.60 Å². The Hall–Kier alpha value is -2.66. The van der Waals surface area contributed by atoms with Crippen molar-refractivity contribution >= 4 is 17.5 Å². The molecule has 0 aliphatic rings. The molecule has 3 N–H and O–H groups in total. The van der Waals surface area contributed by atoms with Crippen molar-refractivity contribution in [2.75, 3.05) is 11.9 Å². The second-order valence-electron chi connectivity index (χ2n) is 6.03. The maximum Gasteiger partial charge on any atom is 0.319 e. The number of ketones is 1. The first-order valence-corrected chi connectivity index (χ1v) is 7.74. The number of hydrogen-bond acceptors (Lipinski definition) is 3. The minimum absolute atomic E-state index is 0.0117. The predicted molar refractivity (Wildman–Crippen MR) is 94.2 cm³/mol. The summed E-state index contributed by atoms with van der Waals surface area (Å²) in [7, 11) is 0. The lowest BCUT2D eigenvalue weighted by Gasteiger charge is -2.24. The fourth-order valence-electron chi connectivity index (χ4n) is 2.46. The van der Waals surface area contributed by atoms with Crippen molar-refractivity contribution in [3.8, 4) is 0 Å². The Balaban J connectivity index is 1.96. The monoisotopic (exact) mass is 326 g/mol. The van der Waals surface area contributed by atoms with Crippen molar-refractivity contribution < 1.29 is 14.7 Å². The molecule has 0 fully saturated rings. The van der Waals surface area contributed by atoms with E-state index in [1.54, 1.807) is 25.1 Å². The van der Waals surface area contributed by atoms with Gasteiger partial charge in [0.25, 0.3) is 0 Å². The van der Waals surface area contributed by atoms with E-state index in [1.807, 2.05) is 37.3 Å². The fraction of sp³-hybridized carbons (Fsp3) is 0.263. The molecule has 0 bridgehead atoms. The van der Waals surface area contributed by atoms with E-state index in [2.05, 4.69) is 10.6 Å². The zero-order valence-electron chi connectivity index (χ0n) is 14.1. The first kappa shape index (κ1) is 17.7. The summed E-state index contributed by atoms with van der Waals surface area (Å²) in [5.41, 5.74) is 1.60. The highest BCUT2D eigenvalue weighted by atomic mass is 16.3. The summed E-state index contributed by atoms with van der Waals surface area (Å²) in [6.45, 7) is 5.05. The molecule has 1 unspecified atom stereocenters. The Morgan fingerprint density at radius 3 is 2.38 bits per heavy atom. The molecule has 5 heteroatoms. The highest BCUT2D eigenvalue weighted by molar-refractivity contribution is 5.96. The standard InChI is InChI=1S/C19H22N2O3/c1-13-11-16(9-10-17(13)14(2)22)21-18(23)20-12-19(3,24)15-7-5-4-6-8-15/h4-11,24H,12H2,1-3H3,(H2,20,21,23). The third-order valence-corrected chi connectivity index (χ3v) is 3.85. The van der Waals surface area contributed by atoms with Gasteiger partial charge in [0.15, 0.2) is 5.78 Å². The zero-order valence-corrected chi connectivity index (χ0v) is 14.1. The van der Waals surface area contributed by atoms with Gasteiger partial charge in [-0.25, -0.2) is 4.79 Å². The van der Waals surface area contributed by atoms with Gasteiger partial charge in [-0.2, -0.15) is 0 Å². The lowest BCUT2D eigenvalue weighted by molar-refractivity contribution is 0.0599. The number of anilines is 1. The minimum Gasteiger partial charge on any atom is -0.384 e. The molecule has 24 heavy (non-hydrogen) atoms. The molecule has 2 aromatic rings. The molecule has 0 spiro atoms. The summed E-state index contributed by atoms with van der Waals surface area (Å²) < 4.78 is 0. The number of Topliss-reactive ketones (excluding diaryl/α,β-unsaturated/α-hetero) is 1. The molecule has 0 aromatic heterocycles. The molecule has 126 valence electrons. The molecular weight excluding hydrogens is 304 g/mol. The van der Waals surface area contributed by atoms with Crippen LogP contribution in [0.1, 0.15) is 35.3 Å². The van der Waals surface area contributed by atoms with Gasteiger partial charge in [0.2, 0.25) is 0 Å². The second-order valence-corrected chi connectivity index (χ2v) is 6.03. The first-order chi connectivity index (χ1) is 11.3. The highest BCUT2D eigenvalue weighted by Crippen LogP contribution is 2.19. The Morgan fingerprint density at radius 1 is 1.12 bits per heavy atom. The molecule has 2 rings (SSSR count). The highest BCUT2D eigenvalue weighted by Gasteiger charge is 2.23. The van der Waals surface area contributed by atoms with E-state index in [9.17, 15) is 14.7 Å². The molecular formula is C19H22N2O3. The van der Waals surface area contributed by atoms with E-state index < -0.39 is 11.6 Å². The van der Waals surface area contributed by atoms with Gasteiger partial charge in [-0.1, -0.05) is 30.3 Å². The van der Waals surface area contributed by atoms with E-state index in [4.69, 9.17) is 0 Å². The number of amides is 2. The van der Waals surface area contributed by atoms with Crippen molar-refractivity contribution in [3.05, 3.63) is 65.2 Å². The number of aliphatic hydroxyl groups is 1. The smallest absolute Gasteiger partial charge is 0.319 e. The van der Waals surface area contributed by atoms with Gasteiger partial charge in [0.1, 0.15) is 5.60 Å². The summed E-state index contributed by atoms with van der Waals surface area (Å²) in [6, 6.07) is 13.9. The van der Waals surface area contributed by atoms with Gasteiger partial charge in [0.05, 0.1) is 6.54 Å². The molecule has 2 aromatic carbocycles. The molecule has 0 aliphatic carbocycles. The Labute approximate surface area is 141 Å². The summed E-state index contributed by atoms with van der Waals surface area (Å²) in [5, 5.41) is 15.8. The average molecular weight is 326 g/mol. The number of benzene rings is 2. The molecule has 0 saturated carbocycles. The zero-order chi connectivity index (χ0) is 17.7. The SMILES string of the molecule is CC(=O)c1ccc(NC(=O)NCC(C)(O)c2ccccc2)cc1C. The van der Waals surface area contributed by atoms with Crippen LogP contribution in [0.25, 0.3) is 0 Å². The van der Waals surface area contributed by atoms with Crippen LogP contribution in [0.4, 0.5) is 10.5 Å². The maximum absolute atomic E-state index is 12.0. The molecule has 0 saturated heterocycles. The Morgan fingerprint density at radius 2 is 1.79 bits per heavy atom. The van der Waals surface area contributed by atoms with Gasteiger partial charge in [-0.15, -0.1) is 0 Å². The number of urea groups is 1. The van der Waals surface area contributed by atoms with Crippen molar-refractivity contribution in [3.63, 3.8) is 0 Å². The Kier molecular flexibility index (Phi) is 5.36. The second kappa shape index (κ2) is 7.27. The van der Waals surface area contributed by atoms with Crippen LogP contribution < -0.4 is 10.6 Å². The quantitative estimate of drug-likeness (QED) is 0.738. The third-order valence-electron chi connectivity index (χ3n) is 3.85. The molecule has 2 amide bonds. The lowest BCUT2D eigenvalue weighted by atomic mass is 9.96. The number of rotatable bonds is 5. The largest absolute Gasteiger partial charge is 0.384 e. The Bertz CT molecular complexity index is 740. The van der Waals surface area contributed by atoms with Gasteiger partial charge < -0.3 is 15.7 Å². The van der Waals surface area contributed by atoms with Gasteiger partial charge in [-0.05, 0) is 50.1 Å². The van der Waals surface area contributed by atoms with Crippen LogP contribution in [-0.4, -0.2) is 23.5 Å². The number of nitrogens with one attached hydrogen (secondary N) is 2. The van der Waals surface area contributed by atoms with Crippen molar-refractivity contribution in [2.45, 2.75) is 26.4 Å². The van der Waals surface area contributed by atoms with Crippen molar-refractivity contribution in [1.29, 1.82) is 0 Å². The number of aryl methyl sites for hydroxylation is 1. The maximum atomic E-state index is 12.0. The van der Waals surface area contributed by atoms with E-state index in [1.165, 1.54) is 6.92 Å².